The van der Waals surface area contributed by atoms with Gasteiger partial charge in [-0.25, -0.2) is 0 Å². The maximum atomic E-state index is 5.25. The van der Waals surface area contributed by atoms with Crippen molar-refractivity contribution >= 4 is 40.7 Å². The summed E-state index contributed by atoms with van der Waals surface area (Å²) in [5.74, 6) is 5.25. The molecule has 1 aromatic carbocycles. The highest BCUT2D eigenvalue weighted by Crippen LogP contribution is 2.15. The van der Waals surface area contributed by atoms with Crippen LogP contribution in [0.5, 0.6) is 0 Å². The van der Waals surface area contributed by atoms with Crippen LogP contribution in [0, 0.1) is 10.5 Å². The number of halogens is 2. The van der Waals surface area contributed by atoms with Gasteiger partial charge in [0.25, 0.3) is 0 Å². The van der Waals surface area contributed by atoms with Crippen LogP contribution in [0.25, 0.3) is 0 Å². The Morgan fingerprint density at radius 1 is 1.45 bits per heavy atom. The van der Waals surface area contributed by atoms with Gasteiger partial charge in [-0.15, -0.1) is 12.4 Å². The van der Waals surface area contributed by atoms with E-state index in [1.165, 1.54) is 9.13 Å². The average Bonchev–Trinajstić information content (AvgIpc) is 1.88. The molecule has 0 atom stereocenters. The van der Waals surface area contributed by atoms with Crippen molar-refractivity contribution in [1.29, 1.82) is 0 Å². The molecular formula is C7H10ClIN2. The van der Waals surface area contributed by atoms with Crippen molar-refractivity contribution in [3.05, 3.63) is 27.3 Å². The SMILES string of the molecule is Cc1cc(I)ccc1NN.Cl. The third-order valence-electron chi connectivity index (χ3n) is 1.34. The number of rotatable bonds is 1. The van der Waals surface area contributed by atoms with Crippen LogP contribution in [0.1, 0.15) is 5.56 Å². The van der Waals surface area contributed by atoms with Gasteiger partial charge in [0.15, 0.2) is 0 Å². The quantitative estimate of drug-likeness (QED) is 0.472. The molecule has 0 aliphatic carbocycles. The first kappa shape index (κ1) is 11.0. The van der Waals surface area contributed by atoms with Crippen LogP contribution < -0.4 is 11.3 Å². The molecular weight excluding hydrogens is 274 g/mol. The van der Waals surface area contributed by atoms with Crippen LogP contribution >= 0.6 is 35.0 Å². The number of hydrogen-bond acceptors (Lipinski definition) is 2. The van der Waals surface area contributed by atoms with Crippen LogP contribution in [0.3, 0.4) is 0 Å². The summed E-state index contributed by atoms with van der Waals surface area (Å²) >= 11 is 2.27. The Morgan fingerprint density at radius 3 is 2.55 bits per heavy atom. The Balaban J connectivity index is 0.000001000. The van der Waals surface area contributed by atoms with Crippen molar-refractivity contribution in [2.45, 2.75) is 6.92 Å². The summed E-state index contributed by atoms with van der Waals surface area (Å²) in [6, 6.07) is 6.07. The summed E-state index contributed by atoms with van der Waals surface area (Å²) in [7, 11) is 0. The van der Waals surface area contributed by atoms with Gasteiger partial charge in [-0.3, -0.25) is 5.84 Å². The molecule has 0 heterocycles. The molecule has 0 bridgehead atoms. The lowest BCUT2D eigenvalue weighted by molar-refractivity contribution is 1.30. The van der Waals surface area contributed by atoms with Gasteiger partial charge in [0.05, 0.1) is 5.69 Å². The van der Waals surface area contributed by atoms with Gasteiger partial charge in [0, 0.05) is 3.57 Å². The lowest BCUT2D eigenvalue weighted by Crippen LogP contribution is -2.07. The minimum Gasteiger partial charge on any atom is -0.324 e. The number of nitrogens with one attached hydrogen (secondary N) is 1. The van der Waals surface area contributed by atoms with E-state index in [1.807, 2.05) is 19.1 Å². The molecule has 0 fully saturated rings. The molecule has 0 aliphatic heterocycles. The Kier molecular flexibility index (Phi) is 4.79. The van der Waals surface area contributed by atoms with Crippen LogP contribution in [-0.4, -0.2) is 0 Å². The average molecular weight is 285 g/mol. The van der Waals surface area contributed by atoms with Crippen LogP contribution in [0.4, 0.5) is 5.69 Å². The minimum atomic E-state index is 0. The fourth-order valence-corrected chi connectivity index (χ4v) is 1.44. The molecule has 0 unspecified atom stereocenters. The Morgan fingerprint density at radius 2 is 2.09 bits per heavy atom. The van der Waals surface area contributed by atoms with E-state index >= 15 is 0 Å². The lowest BCUT2D eigenvalue weighted by Gasteiger charge is -2.03. The van der Waals surface area contributed by atoms with E-state index in [1.54, 1.807) is 0 Å². The van der Waals surface area contributed by atoms with Crippen molar-refractivity contribution in [3.8, 4) is 0 Å². The molecule has 11 heavy (non-hydrogen) atoms. The maximum absolute atomic E-state index is 5.25. The molecule has 1 rings (SSSR count). The molecule has 0 aliphatic rings. The third kappa shape index (κ3) is 2.84. The van der Waals surface area contributed by atoms with E-state index < -0.39 is 0 Å². The molecule has 0 saturated carbocycles. The zero-order valence-corrected chi connectivity index (χ0v) is 9.07. The highest BCUT2D eigenvalue weighted by molar-refractivity contribution is 14.1. The minimum absolute atomic E-state index is 0. The van der Waals surface area contributed by atoms with E-state index in [9.17, 15) is 0 Å². The topological polar surface area (TPSA) is 38.0 Å². The highest BCUT2D eigenvalue weighted by atomic mass is 127. The predicted octanol–water partition coefficient (Wildman–Crippen LogP) is 2.31. The molecule has 0 amide bonds. The van der Waals surface area contributed by atoms with E-state index in [4.69, 9.17) is 5.84 Å². The van der Waals surface area contributed by atoms with E-state index in [2.05, 4.69) is 34.1 Å². The van der Waals surface area contributed by atoms with E-state index in [0.717, 1.165) is 5.69 Å². The van der Waals surface area contributed by atoms with Crippen LogP contribution in [-0.2, 0) is 0 Å². The Bertz CT molecular complexity index is 240. The normalized spacial score (nSPS) is 8.64. The first-order valence-electron chi connectivity index (χ1n) is 2.97. The summed E-state index contributed by atoms with van der Waals surface area (Å²) in [6.07, 6.45) is 0. The van der Waals surface area contributed by atoms with Crippen molar-refractivity contribution in [2.24, 2.45) is 5.84 Å². The zero-order valence-electron chi connectivity index (χ0n) is 6.10. The number of nitrogen functional groups attached to an aromatic ring is 1. The highest BCUT2D eigenvalue weighted by Gasteiger charge is 1.94. The molecule has 0 saturated heterocycles. The van der Waals surface area contributed by atoms with Crippen molar-refractivity contribution in [2.75, 3.05) is 5.43 Å². The monoisotopic (exact) mass is 284 g/mol. The summed E-state index contributed by atoms with van der Waals surface area (Å²) < 4.78 is 1.23. The fourth-order valence-electron chi connectivity index (χ4n) is 0.789. The number of hydrogen-bond donors (Lipinski definition) is 2. The molecule has 0 aromatic heterocycles. The molecule has 62 valence electrons. The number of anilines is 1. The number of benzene rings is 1. The molecule has 2 nitrogen and oxygen atoms in total. The van der Waals surface area contributed by atoms with Gasteiger partial charge in [0.1, 0.15) is 0 Å². The largest absolute Gasteiger partial charge is 0.324 e. The van der Waals surface area contributed by atoms with Gasteiger partial charge in [-0.1, -0.05) is 0 Å². The van der Waals surface area contributed by atoms with E-state index in [-0.39, 0.29) is 12.4 Å². The van der Waals surface area contributed by atoms with Crippen molar-refractivity contribution in [1.82, 2.24) is 0 Å². The van der Waals surface area contributed by atoms with Crippen LogP contribution in [0.15, 0.2) is 18.2 Å². The smallest absolute Gasteiger partial charge is 0.0514 e. The van der Waals surface area contributed by atoms with E-state index in [0.29, 0.717) is 0 Å². The zero-order chi connectivity index (χ0) is 7.56. The fraction of sp³-hybridized carbons (Fsp3) is 0.143. The number of aryl methyl sites for hydroxylation is 1. The summed E-state index contributed by atoms with van der Waals surface area (Å²) in [5.41, 5.74) is 4.78. The van der Waals surface area contributed by atoms with Crippen molar-refractivity contribution < 1.29 is 0 Å². The Hall–Kier alpha value is -0.0000000000000000555. The molecule has 0 radical (unpaired) electrons. The van der Waals surface area contributed by atoms with Gasteiger partial charge in [0.2, 0.25) is 0 Å². The maximum Gasteiger partial charge on any atom is 0.0514 e. The second-order valence-electron chi connectivity index (χ2n) is 2.10. The van der Waals surface area contributed by atoms with Crippen LogP contribution in [0.2, 0.25) is 0 Å². The number of nitrogens with two attached hydrogens (primary N) is 1. The second kappa shape index (κ2) is 4.79. The third-order valence-corrected chi connectivity index (χ3v) is 2.01. The standard InChI is InChI=1S/C7H9IN2.ClH/c1-5-4-6(8)2-3-7(5)10-9;/h2-4,10H,9H2,1H3;1H. The first-order chi connectivity index (χ1) is 4.74. The summed E-state index contributed by atoms with van der Waals surface area (Å²) in [6.45, 7) is 2.03. The summed E-state index contributed by atoms with van der Waals surface area (Å²) in [4.78, 5) is 0. The summed E-state index contributed by atoms with van der Waals surface area (Å²) in [5, 5.41) is 0. The number of hydrazine groups is 1. The lowest BCUT2D eigenvalue weighted by atomic mass is 10.2. The molecule has 3 N–H and O–H groups in total. The van der Waals surface area contributed by atoms with Crippen molar-refractivity contribution in [3.63, 3.8) is 0 Å². The molecule has 0 spiro atoms. The molecule has 4 heteroatoms. The van der Waals surface area contributed by atoms with Gasteiger partial charge in [-0.05, 0) is 53.3 Å². The molecule has 1 aromatic rings. The second-order valence-corrected chi connectivity index (χ2v) is 3.35. The van der Waals surface area contributed by atoms with Gasteiger partial charge in [-0.2, -0.15) is 0 Å². The first-order valence-corrected chi connectivity index (χ1v) is 4.04. The van der Waals surface area contributed by atoms with Gasteiger partial charge < -0.3 is 5.43 Å². The Labute approximate surface area is 86.1 Å². The van der Waals surface area contributed by atoms with Gasteiger partial charge >= 0.3 is 0 Å². The predicted molar refractivity (Wildman–Crippen MR) is 59.0 cm³/mol.